The van der Waals surface area contributed by atoms with Crippen LogP contribution in [-0.4, -0.2) is 45.6 Å². The van der Waals surface area contributed by atoms with Crippen molar-refractivity contribution in [2.45, 2.75) is 30.9 Å². The quantitative estimate of drug-likeness (QED) is 0.850. The van der Waals surface area contributed by atoms with Gasteiger partial charge in [-0.1, -0.05) is 30.3 Å². The fraction of sp³-hybridized carbons (Fsp3) is 0.333. The molecule has 0 bridgehead atoms. The van der Waals surface area contributed by atoms with Crippen LogP contribution in [0.3, 0.4) is 0 Å². The van der Waals surface area contributed by atoms with Crippen LogP contribution in [0, 0.1) is 13.8 Å². The molecule has 1 N–H and O–H groups in total. The van der Waals surface area contributed by atoms with E-state index in [0.29, 0.717) is 11.3 Å². The van der Waals surface area contributed by atoms with Crippen LogP contribution in [0.4, 0.5) is 5.69 Å². The van der Waals surface area contributed by atoms with Crippen LogP contribution in [0.15, 0.2) is 53.4 Å². The first-order valence-corrected chi connectivity index (χ1v) is 11.4. The van der Waals surface area contributed by atoms with Crippen LogP contribution >= 0.6 is 0 Å². The third-order valence-electron chi connectivity index (χ3n) is 4.49. The molecule has 140 valence electrons. The smallest absolute Gasteiger partial charge is 0.264 e. The number of sulfonamides is 1. The van der Waals surface area contributed by atoms with E-state index in [1.165, 1.54) is 0 Å². The maximum absolute atomic E-state index is 13.5. The minimum atomic E-state index is -4.06. The molecule has 0 spiro atoms. The largest absolute Gasteiger partial charge is 0.390 e. The number of benzene rings is 2. The van der Waals surface area contributed by atoms with Crippen molar-refractivity contribution in [3.05, 3.63) is 59.7 Å². The molecule has 26 heavy (non-hydrogen) atoms. The van der Waals surface area contributed by atoms with E-state index in [1.54, 1.807) is 56.3 Å². The Balaban J connectivity index is 2.20. The highest BCUT2D eigenvalue weighted by Gasteiger charge is 2.45. The predicted octanol–water partition coefficient (Wildman–Crippen LogP) is 1.66. The number of sulfone groups is 1. The van der Waals surface area contributed by atoms with Gasteiger partial charge < -0.3 is 5.11 Å². The van der Waals surface area contributed by atoms with E-state index in [2.05, 4.69) is 0 Å². The standard InChI is InChI=1S/C18H21NO5S2/c1-13-8-9-14(2)18(10-13)26(23,24)19(15-6-4-3-5-7-15)16-11-25(21,22)12-17(16)20/h3-10,16-17,20H,11-12H2,1-2H3/t16-,17+/m1/s1. The van der Waals surface area contributed by atoms with Gasteiger partial charge in [-0.05, 0) is 43.2 Å². The Morgan fingerprint density at radius 3 is 2.27 bits per heavy atom. The molecular weight excluding hydrogens is 374 g/mol. The number of hydrogen-bond acceptors (Lipinski definition) is 5. The van der Waals surface area contributed by atoms with Gasteiger partial charge in [-0.3, -0.25) is 4.31 Å². The van der Waals surface area contributed by atoms with Crippen molar-refractivity contribution in [3.8, 4) is 0 Å². The van der Waals surface area contributed by atoms with Gasteiger partial charge in [-0.2, -0.15) is 0 Å². The lowest BCUT2D eigenvalue weighted by Crippen LogP contribution is -2.47. The normalized spacial score (nSPS) is 22.3. The van der Waals surface area contributed by atoms with Gasteiger partial charge >= 0.3 is 0 Å². The first-order chi connectivity index (χ1) is 12.1. The lowest BCUT2D eigenvalue weighted by molar-refractivity contribution is 0.184. The molecule has 6 nitrogen and oxygen atoms in total. The van der Waals surface area contributed by atoms with Gasteiger partial charge in [-0.25, -0.2) is 16.8 Å². The summed E-state index contributed by atoms with van der Waals surface area (Å²) >= 11 is 0. The number of aliphatic hydroxyl groups is 1. The van der Waals surface area contributed by atoms with Crippen LogP contribution in [0.2, 0.25) is 0 Å². The third-order valence-corrected chi connectivity index (χ3v) is 8.18. The molecule has 2 aromatic carbocycles. The van der Waals surface area contributed by atoms with Gasteiger partial charge in [0.25, 0.3) is 10.0 Å². The summed E-state index contributed by atoms with van der Waals surface area (Å²) in [6.07, 6.45) is -1.28. The molecule has 1 fully saturated rings. The van der Waals surface area contributed by atoms with Crippen LogP contribution in [0.1, 0.15) is 11.1 Å². The zero-order valence-corrected chi connectivity index (χ0v) is 16.2. The Morgan fingerprint density at radius 2 is 1.69 bits per heavy atom. The molecule has 0 unspecified atom stereocenters. The third kappa shape index (κ3) is 3.49. The summed E-state index contributed by atoms with van der Waals surface area (Å²) < 4.78 is 52.0. The summed E-state index contributed by atoms with van der Waals surface area (Å²) in [5.74, 6) is -0.851. The molecule has 0 saturated carbocycles. The Hall–Kier alpha value is -1.90. The second-order valence-corrected chi connectivity index (χ2v) is 10.6. The molecule has 0 radical (unpaired) electrons. The fourth-order valence-corrected chi connectivity index (χ4v) is 7.07. The maximum atomic E-state index is 13.5. The molecule has 1 aliphatic heterocycles. The van der Waals surface area contributed by atoms with Crippen molar-refractivity contribution in [1.29, 1.82) is 0 Å². The van der Waals surface area contributed by atoms with Crippen LogP contribution in [-0.2, 0) is 19.9 Å². The first-order valence-electron chi connectivity index (χ1n) is 8.17. The molecule has 1 aliphatic rings. The summed E-state index contributed by atoms with van der Waals surface area (Å²) in [6, 6.07) is 12.3. The van der Waals surface area contributed by atoms with Gasteiger partial charge in [0.2, 0.25) is 0 Å². The van der Waals surface area contributed by atoms with Crippen LogP contribution in [0.5, 0.6) is 0 Å². The monoisotopic (exact) mass is 395 g/mol. The van der Waals surface area contributed by atoms with E-state index >= 15 is 0 Å². The topological polar surface area (TPSA) is 91.8 Å². The Bertz CT molecular complexity index is 1020. The van der Waals surface area contributed by atoms with E-state index in [4.69, 9.17) is 0 Å². The summed E-state index contributed by atoms with van der Waals surface area (Å²) in [6.45, 7) is 3.48. The number of nitrogens with zero attached hydrogens (tertiary/aromatic N) is 1. The van der Waals surface area contributed by atoms with Crippen molar-refractivity contribution < 1.29 is 21.9 Å². The van der Waals surface area contributed by atoms with Gasteiger partial charge in [-0.15, -0.1) is 0 Å². The number of hydrogen-bond donors (Lipinski definition) is 1. The summed E-state index contributed by atoms with van der Waals surface area (Å²) in [4.78, 5) is 0.109. The zero-order chi connectivity index (χ0) is 19.1. The summed E-state index contributed by atoms with van der Waals surface area (Å²) in [5, 5.41) is 10.3. The van der Waals surface area contributed by atoms with Crippen molar-refractivity contribution >= 4 is 25.5 Å². The Kier molecular flexibility index (Phi) is 4.85. The van der Waals surface area contributed by atoms with Crippen LogP contribution in [0.25, 0.3) is 0 Å². The fourth-order valence-electron chi connectivity index (χ4n) is 3.21. The molecule has 0 amide bonds. The summed E-state index contributed by atoms with van der Waals surface area (Å²) in [5.41, 5.74) is 1.67. The predicted molar refractivity (Wildman–Crippen MR) is 100 cm³/mol. The van der Waals surface area contributed by atoms with E-state index in [0.717, 1.165) is 9.87 Å². The molecule has 0 aromatic heterocycles. The zero-order valence-electron chi connectivity index (χ0n) is 14.5. The summed E-state index contributed by atoms with van der Waals surface area (Å²) in [7, 11) is -7.58. The molecule has 8 heteroatoms. The molecule has 2 atom stereocenters. The average molecular weight is 396 g/mol. The molecule has 2 aromatic rings. The van der Waals surface area contributed by atoms with Gasteiger partial charge in [0, 0.05) is 0 Å². The first kappa shape index (κ1) is 18.9. The molecule has 0 aliphatic carbocycles. The van der Waals surface area contributed by atoms with Gasteiger partial charge in [0.05, 0.1) is 34.2 Å². The lowest BCUT2D eigenvalue weighted by atomic mass is 10.2. The number of rotatable bonds is 4. The van der Waals surface area contributed by atoms with Crippen molar-refractivity contribution in [3.63, 3.8) is 0 Å². The number of para-hydroxylation sites is 1. The highest BCUT2D eigenvalue weighted by atomic mass is 32.2. The molecular formula is C18H21NO5S2. The number of aryl methyl sites for hydroxylation is 2. The molecule has 1 heterocycles. The SMILES string of the molecule is Cc1ccc(C)c(S(=O)(=O)N(c2ccccc2)[C@@H]2CS(=O)(=O)C[C@@H]2O)c1. The van der Waals surface area contributed by atoms with E-state index < -0.39 is 43.5 Å². The minimum Gasteiger partial charge on any atom is -0.390 e. The number of anilines is 1. The second-order valence-electron chi connectivity index (χ2n) is 6.62. The van der Waals surface area contributed by atoms with Crippen molar-refractivity contribution in [1.82, 2.24) is 0 Å². The van der Waals surface area contributed by atoms with Gasteiger partial charge in [0.1, 0.15) is 0 Å². The maximum Gasteiger partial charge on any atom is 0.264 e. The van der Waals surface area contributed by atoms with E-state index in [1.807, 2.05) is 6.07 Å². The van der Waals surface area contributed by atoms with E-state index in [9.17, 15) is 21.9 Å². The lowest BCUT2D eigenvalue weighted by Gasteiger charge is -2.32. The van der Waals surface area contributed by atoms with Crippen molar-refractivity contribution in [2.75, 3.05) is 15.8 Å². The minimum absolute atomic E-state index is 0.109. The number of aliphatic hydroxyl groups excluding tert-OH is 1. The highest BCUT2D eigenvalue weighted by Crippen LogP contribution is 2.32. The Labute approximate surface area is 154 Å². The van der Waals surface area contributed by atoms with Gasteiger partial charge in [0.15, 0.2) is 9.84 Å². The van der Waals surface area contributed by atoms with E-state index in [-0.39, 0.29) is 4.90 Å². The van der Waals surface area contributed by atoms with Crippen LogP contribution < -0.4 is 4.31 Å². The Morgan fingerprint density at radius 1 is 1.04 bits per heavy atom. The van der Waals surface area contributed by atoms with Crippen molar-refractivity contribution in [2.24, 2.45) is 0 Å². The second kappa shape index (κ2) is 6.68. The molecule has 3 rings (SSSR count). The average Bonchev–Trinajstić information content (AvgIpc) is 2.83. The molecule has 1 saturated heterocycles. The highest BCUT2D eigenvalue weighted by molar-refractivity contribution is 7.93.